The molecule has 1 unspecified atom stereocenters. The predicted molar refractivity (Wildman–Crippen MR) is 111 cm³/mol. The van der Waals surface area contributed by atoms with Gasteiger partial charge in [-0.2, -0.15) is 4.98 Å². The highest BCUT2D eigenvalue weighted by Gasteiger charge is 2.33. The Balaban J connectivity index is 1.39. The Kier molecular flexibility index (Phi) is 5.76. The molecule has 2 amide bonds. The number of nitrogens with zero attached hydrogens (tertiary/aromatic N) is 3. The number of halogens is 1. The van der Waals surface area contributed by atoms with E-state index in [1.165, 1.54) is 29.2 Å². The monoisotopic (exact) mass is 434 g/mol. The van der Waals surface area contributed by atoms with Gasteiger partial charge in [0, 0.05) is 20.0 Å². The van der Waals surface area contributed by atoms with Crippen molar-refractivity contribution in [3.05, 3.63) is 35.0 Å². The Morgan fingerprint density at radius 3 is 2.80 bits per heavy atom. The van der Waals surface area contributed by atoms with Gasteiger partial charge < -0.3 is 20.1 Å². The van der Waals surface area contributed by atoms with E-state index in [2.05, 4.69) is 15.2 Å². The van der Waals surface area contributed by atoms with Crippen LogP contribution >= 0.6 is 11.3 Å². The Morgan fingerprint density at radius 1 is 1.40 bits per heavy atom. The van der Waals surface area contributed by atoms with Gasteiger partial charge in [-0.1, -0.05) is 6.07 Å². The molecule has 2 fully saturated rings. The number of hydrogen-bond donors (Lipinski definition) is 2. The second-order valence-electron chi connectivity index (χ2n) is 7.51. The Morgan fingerprint density at radius 2 is 2.17 bits per heavy atom. The lowest BCUT2D eigenvalue weighted by atomic mass is 9.89. The van der Waals surface area contributed by atoms with E-state index in [0.717, 1.165) is 31.1 Å². The molecule has 3 heterocycles. The van der Waals surface area contributed by atoms with Gasteiger partial charge >= 0.3 is 6.09 Å². The number of hydrogen-bond acceptors (Lipinski definition) is 7. The van der Waals surface area contributed by atoms with Gasteiger partial charge in [-0.15, -0.1) is 11.3 Å². The number of amides is 2. The fourth-order valence-electron chi connectivity index (χ4n) is 3.89. The van der Waals surface area contributed by atoms with E-state index in [-0.39, 0.29) is 36.6 Å². The first-order chi connectivity index (χ1) is 14.4. The van der Waals surface area contributed by atoms with E-state index >= 15 is 0 Å². The lowest BCUT2D eigenvalue weighted by molar-refractivity contribution is -0.119. The minimum absolute atomic E-state index is 0.0264. The van der Waals surface area contributed by atoms with E-state index in [9.17, 15) is 19.1 Å². The molecule has 1 atom stereocenters. The first-order valence-corrected chi connectivity index (χ1v) is 10.7. The highest BCUT2D eigenvalue weighted by Crippen LogP contribution is 2.35. The molecule has 2 N–H and O–H groups in total. The molecule has 2 saturated heterocycles. The maximum atomic E-state index is 14.9. The molecule has 0 aliphatic carbocycles. The van der Waals surface area contributed by atoms with Gasteiger partial charge in [-0.3, -0.25) is 9.69 Å². The lowest BCUT2D eigenvalue weighted by Crippen LogP contribution is -2.33. The van der Waals surface area contributed by atoms with Crippen LogP contribution in [0, 0.1) is 5.82 Å². The number of nitrogens with one attached hydrogen (secondary N) is 1. The summed E-state index contributed by atoms with van der Waals surface area (Å²) in [6.07, 6.45) is 0.554. The van der Waals surface area contributed by atoms with Crippen LogP contribution in [0.3, 0.4) is 0 Å². The summed E-state index contributed by atoms with van der Waals surface area (Å²) in [7, 11) is 0. The van der Waals surface area contributed by atoms with Crippen LogP contribution in [0.25, 0.3) is 0 Å². The third-order valence-electron chi connectivity index (χ3n) is 5.43. The number of thiazole rings is 1. The first kappa shape index (κ1) is 20.4. The van der Waals surface area contributed by atoms with Crippen LogP contribution < -0.4 is 15.1 Å². The van der Waals surface area contributed by atoms with Gasteiger partial charge in [0.25, 0.3) is 0 Å². The molecule has 30 heavy (non-hydrogen) atoms. The van der Waals surface area contributed by atoms with E-state index in [1.54, 1.807) is 17.5 Å². The molecule has 10 heteroatoms. The number of piperidine rings is 1. The molecule has 0 spiro atoms. The van der Waals surface area contributed by atoms with Crippen molar-refractivity contribution in [2.75, 3.05) is 36.0 Å². The molecular weight excluding hydrogens is 411 g/mol. The number of aromatic nitrogens is 1. The Hall–Kier alpha value is -2.88. The summed E-state index contributed by atoms with van der Waals surface area (Å²) in [4.78, 5) is 30.8. The van der Waals surface area contributed by atoms with Crippen LogP contribution in [0.4, 0.5) is 20.0 Å². The molecule has 2 aliphatic rings. The van der Waals surface area contributed by atoms with Gasteiger partial charge in [-0.05, 0) is 36.5 Å². The van der Waals surface area contributed by atoms with E-state index in [0.29, 0.717) is 11.3 Å². The van der Waals surface area contributed by atoms with Gasteiger partial charge in [0.2, 0.25) is 11.8 Å². The molecule has 0 radical (unpaired) electrons. The lowest BCUT2D eigenvalue weighted by Gasteiger charge is -2.32. The van der Waals surface area contributed by atoms with Crippen molar-refractivity contribution in [3.63, 3.8) is 0 Å². The molecule has 1 aromatic carbocycles. The number of aromatic hydroxyl groups is 1. The van der Waals surface area contributed by atoms with Crippen molar-refractivity contribution < 1.29 is 23.8 Å². The fraction of sp³-hybridized carbons (Fsp3) is 0.450. The molecule has 2 aromatic rings. The number of benzene rings is 1. The van der Waals surface area contributed by atoms with Gasteiger partial charge in [-0.25, -0.2) is 9.18 Å². The summed E-state index contributed by atoms with van der Waals surface area (Å²) in [5.74, 6) is -0.422. The highest BCUT2D eigenvalue weighted by molar-refractivity contribution is 7.13. The molecule has 0 saturated carbocycles. The summed E-state index contributed by atoms with van der Waals surface area (Å²) in [6.45, 7) is 3.36. The zero-order valence-electron chi connectivity index (χ0n) is 16.5. The third-order valence-corrected chi connectivity index (χ3v) is 6.32. The maximum absolute atomic E-state index is 14.9. The number of carbonyl (C=O) groups is 2. The zero-order valence-corrected chi connectivity index (χ0v) is 17.3. The van der Waals surface area contributed by atoms with Crippen LogP contribution in [0.5, 0.6) is 5.88 Å². The van der Waals surface area contributed by atoms with Gasteiger partial charge in [0.05, 0.1) is 24.2 Å². The van der Waals surface area contributed by atoms with Crippen molar-refractivity contribution in [2.24, 2.45) is 0 Å². The second kappa shape index (κ2) is 8.47. The summed E-state index contributed by atoms with van der Waals surface area (Å²) >= 11 is 1.40. The van der Waals surface area contributed by atoms with Crippen LogP contribution in [-0.2, 0) is 9.53 Å². The SMILES string of the molecule is CC(=O)NCC1CN(c2ccc(C3CCN(c4nc(O)cs4)CC3)c(F)c2)C(=O)O1. The van der Waals surface area contributed by atoms with E-state index in [1.807, 2.05) is 0 Å². The van der Waals surface area contributed by atoms with Crippen molar-refractivity contribution >= 4 is 34.2 Å². The van der Waals surface area contributed by atoms with Crippen LogP contribution in [-0.4, -0.2) is 54.4 Å². The predicted octanol–water partition coefficient (Wildman–Crippen LogP) is 2.83. The standard InChI is InChI=1S/C20H23FN4O4S/c1-12(26)22-9-15-10-25(20(28)29-15)14-2-3-16(17(21)8-14)13-4-6-24(7-5-13)19-23-18(27)11-30-19/h2-3,8,11,13,15,27H,4-7,9-10H2,1H3,(H,22,26). The van der Waals surface area contributed by atoms with Gasteiger partial charge in [0.1, 0.15) is 11.9 Å². The summed E-state index contributed by atoms with van der Waals surface area (Å²) < 4.78 is 20.1. The topological polar surface area (TPSA) is 95.0 Å². The average molecular weight is 434 g/mol. The van der Waals surface area contributed by atoms with Crippen molar-refractivity contribution in [3.8, 4) is 5.88 Å². The van der Waals surface area contributed by atoms with Gasteiger partial charge in [0.15, 0.2) is 5.13 Å². The first-order valence-electron chi connectivity index (χ1n) is 9.82. The van der Waals surface area contributed by atoms with Crippen molar-refractivity contribution in [1.82, 2.24) is 10.3 Å². The number of anilines is 2. The van der Waals surface area contributed by atoms with Crippen molar-refractivity contribution in [1.29, 1.82) is 0 Å². The quantitative estimate of drug-likeness (QED) is 0.752. The Labute approximate surface area is 177 Å². The number of rotatable bonds is 5. The summed E-state index contributed by atoms with van der Waals surface area (Å²) in [5.41, 5.74) is 1.09. The fourth-order valence-corrected chi connectivity index (χ4v) is 4.64. The minimum atomic E-state index is -0.544. The maximum Gasteiger partial charge on any atom is 0.414 e. The van der Waals surface area contributed by atoms with Crippen LogP contribution in [0.2, 0.25) is 0 Å². The molecule has 4 rings (SSSR count). The molecule has 0 bridgehead atoms. The number of carbonyl (C=O) groups excluding carboxylic acids is 2. The molecule has 1 aromatic heterocycles. The molecule has 160 valence electrons. The van der Waals surface area contributed by atoms with Crippen molar-refractivity contribution in [2.45, 2.75) is 31.8 Å². The average Bonchev–Trinajstić information content (AvgIpc) is 3.32. The summed E-state index contributed by atoms with van der Waals surface area (Å²) in [5, 5.41) is 14.4. The molecule has 2 aliphatic heterocycles. The Bertz CT molecular complexity index is 945. The minimum Gasteiger partial charge on any atom is -0.493 e. The number of cyclic esters (lactones) is 1. The van der Waals surface area contributed by atoms with Crippen LogP contribution in [0.15, 0.2) is 23.6 Å². The second-order valence-corrected chi connectivity index (χ2v) is 8.35. The van der Waals surface area contributed by atoms with E-state index < -0.39 is 12.2 Å². The largest absolute Gasteiger partial charge is 0.493 e. The third kappa shape index (κ3) is 4.33. The summed E-state index contributed by atoms with van der Waals surface area (Å²) in [6, 6.07) is 4.86. The molecular formula is C20H23FN4O4S. The van der Waals surface area contributed by atoms with Crippen LogP contribution in [0.1, 0.15) is 31.2 Å². The normalized spacial score (nSPS) is 19.8. The number of ether oxygens (including phenoxy) is 1. The molecule has 8 nitrogen and oxygen atoms in total. The smallest absolute Gasteiger partial charge is 0.414 e. The highest BCUT2D eigenvalue weighted by atomic mass is 32.1. The zero-order chi connectivity index (χ0) is 21.3. The van der Waals surface area contributed by atoms with E-state index in [4.69, 9.17) is 4.74 Å².